The summed E-state index contributed by atoms with van der Waals surface area (Å²) in [6.45, 7) is -0.238. The lowest BCUT2D eigenvalue weighted by Crippen LogP contribution is -2.32. The van der Waals surface area contributed by atoms with Gasteiger partial charge in [0.2, 0.25) is 0 Å². The molecule has 0 aliphatic heterocycles. The van der Waals surface area contributed by atoms with Gasteiger partial charge in [0.15, 0.2) is 11.5 Å². The topological polar surface area (TPSA) is 69.9 Å². The lowest BCUT2D eigenvalue weighted by Gasteiger charge is -2.30. The molecule has 4 heteroatoms. The van der Waals surface area contributed by atoms with Crippen LogP contribution in [0.2, 0.25) is 0 Å². The fraction of sp³-hybridized carbons (Fsp3) is 0.385. The molecule has 1 aromatic rings. The summed E-state index contributed by atoms with van der Waals surface area (Å²) in [4.78, 5) is 0. The molecule has 0 fully saturated rings. The molecule has 0 heterocycles. The maximum absolute atomic E-state index is 9.71. The van der Waals surface area contributed by atoms with Crippen LogP contribution in [0.15, 0.2) is 18.2 Å². The number of aliphatic hydroxyl groups is 2. The van der Waals surface area contributed by atoms with Crippen molar-refractivity contribution in [1.29, 1.82) is 0 Å². The monoisotopic (exact) mass is 236 g/mol. The number of benzene rings is 1. The summed E-state index contributed by atoms with van der Waals surface area (Å²) < 4.78 is 5.03. The molecule has 1 aliphatic carbocycles. The van der Waals surface area contributed by atoms with E-state index in [1.807, 2.05) is 12.2 Å². The molecule has 2 rings (SSSR count). The SMILES string of the molecule is COc1cc2c(cc1O)CC(CO)(CO)C=C2. The van der Waals surface area contributed by atoms with Crippen molar-refractivity contribution in [2.24, 2.45) is 5.41 Å². The van der Waals surface area contributed by atoms with Crippen molar-refractivity contribution in [3.05, 3.63) is 29.3 Å². The Morgan fingerprint density at radius 2 is 2.00 bits per heavy atom. The lowest BCUT2D eigenvalue weighted by molar-refractivity contribution is 0.0932. The van der Waals surface area contributed by atoms with Crippen LogP contribution in [0, 0.1) is 5.41 Å². The fourth-order valence-electron chi connectivity index (χ4n) is 2.07. The molecule has 0 radical (unpaired) electrons. The van der Waals surface area contributed by atoms with Gasteiger partial charge in [0, 0.05) is 5.41 Å². The summed E-state index contributed by atoms with van der Waals surface area (Å²) in [5.74, 6) is 0.500. The number of phenolic OH excluding ortho intramolecular Hbond substituents is 1. The number of ether oxygens (including phenoxy) is 1. The summed E-state index contributed by atoms with van der Waals surface area (Å²) >= 11 is 0. The van der Waals surface area contributed by atoms with E-state index in [0.29, 0.717) is 12.2 Å². The largest absolute Gasteiger partial charge is 0.504 e. The van der Waals surface area contributed by atoms with E-state index in [1.54, 1.807) is 12.1 Å². The third-order valence-electron chi connectivity index (χ3n) is 3.23. The average Bonchev–Trinajstić information content (AvgIpc) is 2.37. The zero-order valence-electron chi connectivity index (χ0n) is 9.68. The first-order valence-electron chi connectivity index (χ1n) is 5.45. The van der Waals surface area contributed by atoms with Gasteiger partial charge in [-0.3, -0.25) is 0 Å². The highest BCUT2D eigenvalue weighted by Crippen LogP contribution is 2.37. The minimum atomic E-state index is -0.631. The van der Waals surface area contributed by atoms with E-state index in [2.05, 4.69) is 0 Å². The molecule has 4 nitrogen and oxygen atoms in total. The van der Waals surface area contributed by atoms with Crippen molar-refractivity contribution in [2.45, 2.75) is 6.42 Å². The second kappa shape index (κ2) is 4.39. The molecule has 17 heavy (non-hydrogen) atoms. The van der Waals surface area contributed by atoms with Crippen molar-refractivity contribution in [3.63, 3.8) is 0 Å². The number of methoxy groups -OCH3 is 1. The maximum atomic E-state index is 9.71. The Morgan fingerprint density at radius 3 is 2.59 bits per heavy atom. The Kier molecular flexibility index (Phi) is 3.09. The zero-order chi connectivity index (χ0) is 12.5. The average molecular weight is 236 g/mol. The first kappa shape index (κ1) is 12.0. The van der Waals surface area contributed by atoms with Crippen LogP contribution in [0.3, 0.4) is 0 Å². The van der Waals surface area contributed by atoms with Gasteiger partial charge in [0.05, 0.1) is 20.3 Å². The number of hydrogen-bond donors (Lipinski definition) is 3. The molecular formula is C13H16O4. The predicted molar refractivity (Wildman–Crippen MR) is 64.0 cm³/mol. The third-order valence-corrected chi connectivity index (χ3v) is 3.23. The molecule has 0 saturated heterocycles. The first-order chi connectivity index (χ1) is 8.14. The number of hydrogen-bond acceptors (Lipinski definition) is 4. The molecule has 1 aromatic carbocycles. The molecule has 0 amide bonds. The van der Waals surface area contributed by atoms with E-state index >= 15 is 0 Å². The van der Waals surface area contributed by atoms with E-state index in [1.165, 1.54) is 7.11 Å². The van der Waals surface area contributed by atoms with Crippen LogP contribution < -0.4 is 4.74 Å². The molecule has 3 N–H and O–H groups in total. The van der Waals surface area contributed by atoms with Gasteiger partial charge >= 0.3 is 0 Å². The van der Waals surface area contributed by atoms with Crippen molar-refractivity contribution < 1.29 is 20.1 Å². The Morgan fingerprint density at radius 1 is 1.29 bits per heavy atom. The van der Waals surface area contributed by atoms with Crippen LogP contribution in [0.5, 0.6) is 11.5 Å². The van der Waals surface area contributed by atoms with Gasteiger partial charge in [-0.05, 0) is 29.7 Å². The van der Waals surface area contributed by atoms with Gasteiger partial charge in [-0.1, -0.05) is 12.2 Å². The smallest absolute Gasteiger partial charge is 0.161 e. The molecule has 1 aliphatic rings. The van der Waals surface area contributed by atoms with E-state index in [9.17, 15) is 15.3 Å². The quantitative estimate of drug-likeness (QED) is 0.730. The highest BCUT2D eigenvalue weighted by Gasteiger charge is 2.30. The molecule has 0 atom stereocenters. The number of phenols is 1. The summed E-state index contributed by atoms with van der Waals surface area (Å²) in [5, 5.41) is 28.4. The standard InChI is InChI=1S/C13H16O4/c1-17-12-5-9-2-3-13(7-14,8-15)6-10(9)4-11(12)16/h2-5,14-16H,6-8H2,1H3. The molecule has 0 spiro atoms. The molecule has 0 aromatic heterocycles. The Balaban J connectivity index is 2.43. The van der Waals surface area contributed by atoms with Gasteiger partial charge in [-0.2, -0.15) is 0 Å². The van der Waals surface area contributed by atoms with E-state index < -0.39 is 5.41 Å². The number of aromatic hydroxyl groups is 1. The normalized spacial score (nSPS) is 16.6. The summed E-state index contributed by atoms with van der Waals surface area (Å²) in [6, 6.07) is 3.37. The van der Waals surface area contributed by atoms with E-state index in [4.69, 9.17) is 4.74 Å². The van der Waals surface area contributed by atoms with Crippen molar-refractivity contribution in [1.82, 2.24) is 0 Å². The molecule has 0 unspecified atom stereocenters. The van der Waals surface area contributed by atoms with E-state index in [-0.39, 0.29) is 19.0 Å². The highest BCUT2D eigenvalue weighted by atomic mass is 16.5. The lowest BCUT2D eigenvalue weighted by atomic mass is 9.77. The molecule has 0 bridgehead atoms. The summed E-state index contributed by atoms with van der Waals surface area (Å²) in [7, 11) is 1.50. The van der Waals surface area contributed by atoms with Crippen molar-refractivity contribution in [3.8, 4) is 11.5 Å². The van der Waals surface area contributed by atoms with Crippen LogP contribution in [0.1, 0.15) is 11.1 Å². The van der Waals surface area contributed by atoms with Gasteiger partial charge in [-0.15, -0.1) is 0 Å². The van der Waals surface area contributed by atoms with Crippen LogP contribution in [0.4, 0.5) is 0 Å². The van der Waals surface area contributed by atoms with Crippen molar-refractivity contribution in [2.75, 3.05) is 20.3 Å². The fourth-order valence-corrected chi connectivity index (χ4v) is 2.07. The zero-order valence-corrected chi connectivity index (χ0v) is 9.68. The Hall–Kier alpha value is -1.52. The third kappa shape index (κ3) is 2.01. The molecular weight excluding hydrogens is 220 g/mol. The van der Waals surface area contributed by atoms with Gasteiger partial charge < -0.3 is 20.1 Å². The summed E-state index contributed by atoms with van der Waals surface area (Å²) in [6.07, 6.45) is 4.16. The van der Waals surface area contributed by atoms with Crippen molar-refractivity contribution >= 4 is 6.08 Å². The second-order valence-corrected chi connectivity index (χ2v) is 4.41. The molecule has 0 saturated carbocycles. The van der Waals surface area contributed by atoms with Gasteiger partial charge in [0.1, 0.15) is 0 Å². The number of aliphatic hydroxyl groups excluding tert-OH is 2. The minimum absolute atomic E-state index is 0.0753. The highest BCUT2D eigenvalue weighted by molar-refractivity contribution is 5.63. The number of rotatable bonds is 3. The predicted octanol–water partition coefficient (Wildman–Crippen LogP) is 0.941. The van der Waals surface area contributed by atoms with Crippen LogP contribution >= 0.6 is 0 Å². The maximum Gasteiger partial charge on any atom is 0.161 e. The van der Waals surface area contributed by atoms with E-state index in [0.717, 1.165) is 11.1 Å². The van der Waals surface area contributed by atoms with Gasteiger partial charge in [-0.25, -0.2) is 0 Å². The molecule has 92 valence electrons. The summed E-state index contributed by atoms with van der Waals surface area (Å²) in [5.41, 5.74) is 1.21. The number of fused-ring (bicyclic) bond motifs is 1. The first-order valence-corrected chi connectivity index (χ1v) is 5.45. The van der Waals surface area contributed by atoms with Crippen LogP contribution in [0.25, 0.3) is 6.08 Å². The van der Waals surface area contributed by atoms with Gasteiger partial charge in [0.25, 0.3) is 0 Å². The van der Waals surface area contributed by atoms with Crippen LogP contribution in [-0.4, -0.2) is 35.6 Å². The second-order valence-electron chi connectivity index (χ2n) is 4.41. The minimum Gasteiger partial charge on any atom is -0.504 e. The Bertz CT molecular complexity index is 447. The van der Waals surface area contributed by atoms with Crippen LogP contribution in [-0.2, 0) is 6.42 Å². The Labute approximate surface area is 99.8 Å².